The number of halogens is 1. The minimum Gasteiger partial charge on any atom is -0.313 e. The number of hydrogen-bond donors (Lipinski definition) is 1. The first-order valence-corrected chi connectivity index (χ1v) is 5.42. The highest BCUT2D eigenvalue weighted by Crippen LogP contribution is 2.22. The number of thioether (sulfide) groups is 1. The van der Waals surface area contributed by atoms with Crippen LogP contribution in [0.3, 0.4) is 0 Å². The maximum Gasteiger partial charge on any atom is 0.137 e. The zero-order chi connectivity index (χ0) is 9.84. The fraction of sp³-hybridized carbons (Fsp3) is 0.400. The molecule has 1 rings (SSSR count). The largest absolute Gasteiger partial charge is 0.313 e. The van der Waals surface area contributed by atoms with Gasteiger partial charge in [0.25, 0.3) is 0 Å². The summed E-state index contributed by atoms with van der Waals surface area (Å²) in [7, 11) is 1.87. The second-order valence-corrected chi connectivity index (χ2v) is 3.75. The van der Waals surface area contributed by atoms with E-state index in [1.165, 1.54) is 11.8 Å². The molecular formula is C10H14FNS. The van der Waals surface area contributed by atoms with Gasteiger partial charge in [0.15, 0.2) is 0 Å². The van der Waals surface area contributed by atoms with Crippen molar-refractivity contribution < 1.29 is 4.39 Å². The van der Waals surface area contributed by atoms with Crippen LogP contribution in [0.15, 0.2) is 23.1 Å². The Hall–Kier alpha value is -0.540. The molecule has 0 saturated carbocycles. The van der Waals surface area contributed by atoms with Crippen LogP contribution in [0, 0.1) is 5.82 Å². The molecule has 0 aliphatic rings. The molecule has 0 bridgehead atoms. The molecule has 0 aliphatic heterocycles. The Morgan fingerprint density at radius 3 is 2.62 bits per heavy atom. The van der Waals surface area contributed by atoms with E-state index in [9.17, 15) is 4.39 Å². The first-order valence-electron chi connectivity index (χ1n) is 4.19. The Kier molecular flexibility index (Phi) is 3.75. The van der Waals surface area contributed by atoms with Crippen LogP contribution in [0.5, 0.6) is 0 Å². The van der Waals surface area contributed by atoms with Gasteiger partial charge in [-0.2, -0.15) is 0 Å². The summed E-state index contributed by atoms with van der Waals surface area (Å²) in [5.41, 5.74) is 0.984. The minimum atomic E-state index is -0.132. The monoisotopic (exact) mass is 199 g/mol. The van der Waals surface area contributed by atoms with Gasteiger partial charge in [-0.05, 0) is 37.9 Å². The Morgan fingerprint density at radius 1 is 1.46 bits per heavy atom. The van der Waals surface area contributed by atoms with Crippen LogP contribution in [0.1, 0.15) is 18.5 Å². The maximum absolute atomic E-state index is 13.3. The molecule has 0 spiro atoms. The van der Waals surface area contributed by atoms with E-state index >= 15 is 0 Å². The fourth-order valence-electron chi connectivity index (χ4n) is 1.12. The first kappa shape index (κ1) is 10.5. The highest BCUT2D eigenvalue weighted by atomic mass is 32.2. The van der Waals surface area contributed by atoms with Crippen molar-refractivity contribution in [1.29, 1.82) is 0 Å². The van der Waals surface area contributed by atoms with Gasteiger partial charge in [0, 0.05) is 10.9 Å². The molecular weight excluding hydrogens is 185 g/mol. The molecule has 1 aromatic carbocycles. The van der Waals surface area contributed by atoms with E-state index in [2.05, 4.69) is 5.32 Å². The quantitative estimate of drug-likeness (QED) is 0.751. The third-order valence-electron chi connectivity index (χ3n) is 2.11. The predicted octanol–water partition coefficient (Wildman–Crippen LogP) is 2.83. The topological polar surface area (TPSA) is 12.0 Å². The van der Waals surface area contributed by atoms with E-state index in [1.807, 2.05) is 32.4 Å². The van der Waals surface area contributed by atoms with Crippen LogP contribution in [-0.2, 0) is 0 Å². The van der Waals surface area contributed by atoms with Gasteiger partial charge in [-0.3, -0.25) is 0 Å². The van der Waals surface area contributed by atoms with E-state index in [0.29, 0.717) is 4.90 Å². The summed E-state index contributed by atoms with van der Waals surface area (Å²) in [5.74, 6) is -0.132. The minimum absolute atomic E-state index is 0.132. The van der Waals surface area contributed by atoms with Gasteiger partial charge in [0.1, 0.15) is 5.82 Å². The third kappa shape index (κ3) is 2.45. The summed E-state index contributed by atoms with van der Waals surface area (Å²) in [6.07, 6.45) is 1.87. The van der Waals surface area contributed by atoms with Crippen molar-refractivity contribution in [2.45, 2.75) is 17.9 Å². The Balaban J connectivity index is 2.95. The molecule has 1 N–H and O–H groups in total. The summed E-state index contributed by atoms with van der Waals surface area (Å²) in [5, 5.41) is 3.07. The maximum atomic E-state index is 13.3. The highest BCUT2D eigenvalue weighted by molar-refractivity contribution is 7.98. The van der Waals surface area contributed by atoms with Gasteiger partial charge in [-0.1, -0.05) is 6.07 Å². The number of rotatable bonds is 3. The number of nitrogens with one attached hydrogen (secondary N) is 1. The van der Waals surface area contributed by atoms with Crippen molar-refractivity contribution in [2.75, 3.05) is 13.3 Å². The average Bonchev–Trinajstić information content (AvgIpc) is 2.16. The van der Waals surface area contributed by atoms with Crippen LogP contribution in [0.4, 0.5) is 4.39 Å². The average molecular weight is 199 g/mol. The molecule has 0 amide bonds. The molecule has 0 radical (unpaired) electrons. The molecule has 0 saturated heterocycles. The zero-order valence-corrected chi connectivity index (χ0v) is 8.91. The molecule has 72 valence electrons. The summed E-state index contributed by atoms with van der Waals surface area (Å²) >= 11 is 1.43. The van der Waals surface area contributed by atoms with Crippen molar-refractivity contribution in [3.05, 3.63) is 29.6 Å². The lowest BCUT2D eigenvalue weighted by Crippen LogP contribution is -2.12. The van der Waals surface area contributed by atoms with Crippen LogP contribution in [-0.4, -0.2) is 13.3 Å². The van der Waals surface area contributed by atoms with E-state index in [4.69, 9.17) is 0 Å². The summed E-state index contributed by atoms with van der Waals surface area (Å²) in [6.45, 7) is 2.01. The highest BCUT2D eigenvalue weighted by Gasteiger charge is 2.06. The smallest absolute Gasteiger partial charge is 0.137 e. The van der Waals surface area contributed by atoms with Crippen LogP contribution in [0.2, 0.25) is 0 Å². The van der Waals surface area contributed by atoms with Crippen molar-refractivity contribution in [3.63, 3.8) is 0 Å². The SMILES string of the molecule is CNC(C)c1ccc(SC)c(F)c1. The number of benzene rings is 1. The fourth-order valence-corrected chi connectivity index (χ4v) is 1.58. The standard InChI is InChI=1S/C10H14FNS/c1-7(12-2)8-4-5-10(13-3)9(11)6-8/h4-7,12H,1-3H3. The van der Waals surface area contributed by atoms with Gasteiger partial charge in [-0.15, -0.1) is 11.8 Å². The van der Waals surface area contributed by atoms with Gasteiger partial charge in [0.05, 0.1) is 0 Å². The van der Waals surface area contributed by atoms with Crippen LogP contribution >= 0.6 is 11.8 Å². The van der Waals surface area contributed by atoms with Crippen molar-refractivity contribution in [3.8, 4) is 0 Å². The molecule has 13 heavy (non-hydrogen) atoms. The summed E-state index contributed by atoms with van der Waals surface area (Å²) < 4.78 is 13.3. The lowest BCUT2D eigenvalue weighted by atomic mass is 10.1. The normalized spacial score (nSPS) is 12.9. The molecule has 0 heterocycles. The molecule has 1 atom stereocenters. The van der Waals surface area contributed by atoms with E-state index in [-0.39, 0.29) is 11.9 Å². The van der Waals surface area contributed by atoms with E-state index < -0.39 is 0 Å². The van der Waals surface area contributed by atoms with Crippen molar-refractivity contribution >= 4 is 11.8 Å². The summed E-state index contributed by atoms with van der Waals surface area (Å²) in [6, 6.07) is 5.57. The van der Waals surface area contributed by atoms with Crippen LogP contribution < -0.4 is 5.32 Å². The lowest BCUT2D eigenvalue weighted by molar-refractivity contribution is 0.587. The summed E-state index contributed by atoms with van der Waals surface area (Å²) in [4.78, 5) is 0.701. The second kappa shape index (κ2) is 4.63. The van der Waals surface area contributed by atoms with E-state index in [0.717, 1.165) is 5.56 Å². The Morgan fingerprint density at radius 2 is 2.15 bits per heavy atom. The van der Waals surface area contributed by atoms with Gasteiger partial charge in [-0.25, -0.2) is 4.39 Å². The van der Waals surface area contributed by atoms with E-state index in [1.54, 1.807) is 6.07 Å². The van der Waals surface area contributed by atoms with Crippen LogP contribution in [0.25, 0.3) is 0 Å². The molecule has 0 fully saturated rings. The molecule has 0 aliphatic carbocycles. The first-order chi connectivity index (χ1) is 6.19. The Labute approximate surface area is 82.7 Å². The van der Waals surface area contributed by atoms with Crippen molar-refractivity contribution in [2.24, 2.45) is 0 Å². The number of hydrogen-bond acceptors (Lipinski definition) is 2. The van der Waals surface area contributed by atoms with Gasteiger partial charge >= 0.3 is 0 Å². The second-order valence-electron chi connectivity index (χ2n) is 2.90. The van der Waals surface area contributed by atoms with Gasteiger partial charge < -0.3 is 5.32 Å². The lowest BCUT2D eigenvalue weighted by Gasteiger charge is -2.11. The Bertz CT molecular complexity index is 288. The predicted molar refractivity (Wildman–Crippen MR) is 55.7 cm³/mol. The molecule has 0 aromatic heterocycles. The molecule has 1 unspecified atom stereocenters. The zero-order valence-electron chi connectivity index (χ0n) is 8.10. The molecule has 3 heteroatoms. The van der Waals surface area contributed by atoms with Crippen molar-refractivity contribution in [1.82, 2.24) is 5.32 Å². The molecule has 1 nitrogen and oxygen atoms in total. The van der Waals surface area contributed by atoms with Gasteiger partial charge in [0.2, 0.25) is 0 Å². The third-order valence-corrected chi connectivity index (χ3v) is 2.88. The molecule has 1 aromatic rings.